The molecule has 1 heterocycles. The molecule has 0 aromatic heterocycles. The minimum atomic E-state index is -0.984. The first-order valence-electron chi connectivity index (χ1n) is 12.3. The fraction of sp³-hybridized carbons (Fsp3) is 0.0645. The van der Waals surface area contributed by atoms with Crippen LogP contribution in [0.4, 0.5) is 11.4 Å². The standard InChI is InChI=1S/C31H22Cl2N2O5S/c1-39-27-16-20(4-15-26(27)40-18-19-2-5-21(6-3-19)30(37)38)17-28-29(36)35(25-13-9-23(33)10-14-25)31(41-28)34-24-11-7-22(32)8-12-24/h2-17H,18H2,1H3,(H,37,38)/b28-17-,34-31?. The van der Waals surface area contributed by atoms with Crippen molar-refractivity contribution in [3.63, 3.8) is 0 Å². The molecule has 4 aromatic rings. The van der Waals surface area contributed by atoms with Crippen LogP contribution < -0.4 is 14.4 Å². The molecule has 0 bridgehead atoms. The summed E-state index contributed by atoms with van der Waals surface area (Å²) in [7, 11) is 1.54. The largest absolute Gasteiger partial charge is 0.493 e. The second kappa shape index (κ2) is 12.5. The normalized spacial score (nSPS) is 15.0. The highest BCUT2D eigenvalue weighted by Gasteiger charge is 2.34. The Kier molecular flexibility index (Phi) is 8.64. The molecule has 0 aliphatic carbocycles. The number of aromatic carboxylic acids is 1. The fourth-order valence-electron chi connectivity index (χ4n) is 3.94. The molecular formula is C31H22Cl2N2O5S. The molecule has 1 aliphatic rings. The van der Waals surface area contributed by atoms with Gasteiger partial charge in [0, 0.05) is 10.0 Å². The summed E-state index contributed by atoms with van der Waals surface area (Å²) in [6.07, 6.45) is 1.78. The molecule has 1 aliphatic heterocycles. The van der Waals surface area contributed by atoms with E-state index in [2.05, 4.69) is 0 Å². The first kappa shape index (κ1) is 28.3. The average molecular weight is 605 g/mol. The third-order valence-corrected chi connectivity index (χ3v) is 7.50. The van der Waals surface area contributed by atoms with Crippen molar-refractivity contribution >= 4 is 69.5 Å². The van der Waals surface area contributed by atoms with E-state index in [1.165, 1.54) is 31.0 Å². The van der Waals surface area contributed by atoms with Crippen LogP contribution in [0.3, 0.4) is 0 Å². The van der Waals surface area contributed by atoms with Crippen molar-refractivity contribution in [2.24, 2.45) is 4.99 Å². The lowest BCUT2D eigenvalue weighted by Gasteiger charge is -2.15. The first-order valence-corrected chi connectivity index (χ1v) is 13.8. The second-order valence-corrected chi connectivity index (χ2v) is 10.7. The topological polar surface area (TPSA) is 88.4 Å². The number of hydrogen-bond donors (Lipinski definition) is 1. The Hall–Kier alpha value is -4.24. The summed E-state index contributed by atoms with van der Waals surface area (Å²) < 4.78 is 11.5. The summed E-state index contributed by atoms with van der Waals surface area (Å²) in [5.74, 6) is -0.215. The summed E-state index contributed by atoms with van der Waals surface area (Å²) in [4.78, 5) is 31.4. The number of carbonyl (C=O) groups is 2. The van der Waals surface area contributed by atoms with Crippen molar-refractivity contribution < 1.29 is 24.2 Å². The number of amidine groups is 1. The van der Waals surface area contributed by atoms with E-state index in [4.69, 9.17) is 42.8 Å². The van der Waals surface area contributed by atoms with Crippen LogP contribution in [0, 0.1) is 0 Å². The van der Waals surface area contributed by atoms with Gasteiger partial charge in [-0.15, -0.1) is 0 Å². The lowest BCUT2D eigenvalue weighted by molar-refractivity contribution is -0.113. The third-order valence-electron chi connectivity index (χ3n) is 6.02. The van der Waals surface area contributed by atoms with Gasteiger partial charge in [-0.2, -0.15) is 0 Å². The molecule has 41 heavy (non-hydrogen) atoms. The predicted molar refractivity (Wildman–Crippen MR) is 164 cm³/mol. The molecule has 0 spiro atoms. The highest BCUT2D eigenvalue weighted by molar-refractivity contribution is 8.19. The molecule has 1 fully saturated rings. The minimum absolute atomic E-state index is 0.207. The van der Waals surface area contributed by atoms with Gasteiger partial charge >= 0.3 is 5.97 Å². The molecule has 0 radical (unpaired) electrons. The molecule has 5 rings (SSSR count). The molecule has 1 saturated heterocycles. The summed E-state index contributed by atoms with van der Waals surface area (Å²) in [5.41, 5.74) is 3.05. The van der Waals surface area contributed by atoms with Gasteiger partial charge in [0.1, 0.15) is 6.61 Å². The van der Waals surface area contributed by atoms with Gasteiger partial charge in [-0.25, -0.2) is 9.79 Å². The van der Waals surface area contributed by atoms with E-state index in [9.17, 15) is 9.59 Å². The summed E-state index contributed by atoms with van der Waals surface area (Å²) in [6, 6.07) is 25.9. The van der Waals surface area contributed by atoms with Gasteiger partial charge in [-0.3, -0.25) is 9.69 Å². The zero-order valence-electron chi connectivity index (χ0n) is 21.6. The van der Waals surface area contributed by atoms with Gasteiger partial charge in [-0.1, -0.05) is 41.4 Å². The number of nitrogens with zero attached hydrogens (tertiary/aromatic N) is 2. The van der Waals surface area contributed by atoms with Crippen LogP contribution in [-0.2, 0) is 11.4 Å². The van der Waals surface area contributed by atoms with Crippen LogP contribution in [0.5, 0.6) is 11.5 Å². The van der Waals surface area contributed by atoms with E-state index < -0.39 is 5.97 Å². The number of thioether (sulfide) groups is 1. The molecule has 0 unspecified atom stereocenters. The summed E-state index contributed by atoms with van der Waals surface area (Å²) >= 11 is 13.4. The van der Waals surface area contributed by atoms with Crippen molar-refractivity contribution in [3.05, 3.63) is 123 Å². The van der Waals surface area contributed by atoms with E-state index in [1.807, 2.05) is 6.07 Å². The molecule has 1 amide bonds. The monoisotopic (exact) mass is 604 g/mol. The zero-order valence-corrected chi connectivity index (χ0v) is 23.9. The number of anilines is 1. The van der Waals surface area contributed by atoms with E-state index in [1.54, 1.807) is 83.8 Å². The Labute approximate surface area is 250 Å². The van der Waals surface area contributed by atoms with Gasteiger partial charge < -0.3 is 14.6 Å². The molecule has 0 saturated carbocycles. The van der Waals surface area contributed by atoms with Crippen molar-refractivity contribution in [2.45, 2.75) is 6.61 Å². The molecule has 1 N–H and O–H groups in total. The highest BCUT2D eigenvalue weighted by atomic mass is 35.5. The SMILES string of the molecule is COc1cc(/C=C2\SC(=Nc3ccc(Cl)cc3)N(c3ccc(Cl)cc3)C2=O)ccc1OCc1ccc(C(=O)O)cc1. The van der Waals surface area contributed by atoms with Crippen LogP contribution in [0.1, 0.15) is 21.5 Å². The Bertz CT molecular complexity index is 1650. The molecular weight excluding hydrogens is 583 g/mol. The van der Waals surface area contributed by atoms with Crippen molar-refractivity contribution in [3.8, 4) is 11.5 Å². The minimum Gasteiger partial charge on any atom is -0.493 e. The number of aliphatic imine (C=N–C) groups is 1. The van der Waals surface area contributed by atoms with E-state index >= 15 is 0 Å². The second-order valence-electron chi connectivity index (χ2n) is 8.80. The van der Waals surface area contributed by atoms with Crippen molar-refractivity contribution in [1.29, 1.82) is 0 Å². The van der Waals surface area contributed by atoms with E-state index in [-0.39, 0.29) is 18.1 Å². The van der Waals surface area contributed by atoms with Gasteiger partial charge in [0.2, 0.25) is 0 Å². The number of rotatable bonds is 8. The number of amides is 1. The number of methoxy groups -OCH3 is 1. The molecule has 7 nitrogen and oxygen atoms in total. The summed E-state index contributed by atoms with van der Waals surface area (Å²) in [5, 5.41) is 10.7. The summed E-state index contributed by atoms with van der Waals surface area (Å²) in [6.45, 7) is 0.228. The van der Waals surface area contributed by atoms with Gasteiger partial charge in [0.15, 0.2) is 16.7 Å². The highest BCUT2D eigenvalue weighted by Crippen LogP contribution is 2.39. The fourth-order valence-corrected chi connectivity index (χ4v) is 5.19. The quantitative estimate of drug-likeness (QED) is 0.204. The molecule has 10 heteroatoms. The third kappa shape index (κ3) is 6.74. The number of carboxylic acids is 1. The predicted octanol–water partition coefficient (Wildman–Crippen LogP) is 8.09. The Balaban J connectivity index is 1.40. The van der Waals surface area contributed by atoms with Crippen LogP contribution >= 0.6 is 35.0 Å². The van der Waals surface area contributed by atoms with Crippen LogP contribution in [-0.4, -0.2) is 29.3 Å². The number of carboxylic acid groups (broad SMARTS) is 1. The van der Waals surface area contributed by atoms with Gasteiger partial charge in [0.05, 0.1) is 29.0 Å². The Morgan fingerprint density at radius 2 is 1.59 bits per heavy atom. The molecule has 4 aromatic carbocycles. The number of hydrogen-bond acceptors (Lipinski definition) is 6. The lowest BCUT2D eigenvalue weighted by Crippen LogP contribution is -2.28. The van der Waals surface area contributed by atoms with E-state index in [0.29, 0.717) is 43.0 Å². The molecule has 0 atom stereocenters. The van der Waals surface area contributed by atoms with Gasteiger partial charge in [0.25, 0.3) is 5.91 Å². The van der Waals surface area contributed by atoms with Crippen molar-refractivity contribution in [2.75, 3.05) is 12.0 Å². The Morgan fingerprint density at radius 3 is 2.22 bits per heavy atom. The van der Waals surface area contributed by atoms with Crippen LogP contribution in [0.15, 0.2) is 101 Å². The lowest BCUT2D eigenvalue weighted by atomic mass is 10.1. The Morgan fingerprint density at radius 1 is 0.927 bits per heavy atom. The smallest absolute Gasteiger partial charge is 0.335 e. The van der Waals surface area contributed by atoms with Gasteiger partial charge in [-0.05, 0) is 102 Å². The van der Waals surface area contributed by atoms with Crippen LogP contribution in [0.25, 0.3) is 6.08 Å². The maximum absolute atomic E-state index is 13.6. The van der Waals surface area contributed by atoms with E-state index in [0.717, 1.165) is 11.1 Å². The average Bonchev–Trinajstić information content (AvgIpc) is 3.27. The maximum Gasteiger partial charge on any atom is 0.335 e. The van der Waals surface area contributed by atoms with Crippen molar-refractivity contribution in [1.82, 2.24) is 0 Å². The van der Waals surface area contributed by atoms with Crippen LogP contribution in [0.2, 0.25) is 10.0 Å². The number of benzene rings is 4. The number of halogens is 2. The zero-order chi connectivity index (χ0) is 28.9. The number of carbonyl (C=O) groups excluding carboxylic acids is 1. The number of ether oxygens (including phenoxy) is 2. The maximum atomic E-state index is 13.6. The molecule has 206 valence electrons. The first-order chi connectivity index (χ1) is 19.8.